The number of nitro groups is 1. The number of hydrogen-bond donors (Lipinski definition) is 2. The largest absolute Gasteiger partial charge is 0.408 e. The molecule has 0 aliphatic carbocycles. The number of rotatable bonds is 3. The molecular formula is C10H8ClN5O2. The van der Waals surface area contributed by atoms with Gasteiger partial charge in [0, 0.05) is 5.69 Å². The Morgan fingerprint density at radius 3 is 2.56 bits per heavy atom. The van der Waals surface area contributed by atoms with Crippen molar-refractivity contribution in [2.75, 3.05) is 11.1 Å². The fraction of sp³-hybridized carbons (Fsp3) is 0. The maximum Gasteiger partial charge on any atom is 0.408 e. The van der Waals surface area contributed by atoms with Gasteiger partial charge in [-0.2, -0.15) is 0 Å². The van der Waals surface area contributed by atoms with Gasteiger partial charge >= 0.3 is 5.82 Å². The van der Waals surface area contributed by atoms with E-state index in [0.717, 1.165) is 5.69 Å². The van der Waals surface area contributed by atoms with Crippen LogP contribution in [0, 0.1) is 10.1 Å². The fourth-order valence-corrected chi connectivity index (χ4v) is 1.46. The summed E-state index contributed by atoms with van der Waals surface area (Å²) in [5.41, 5.74) is 6.15. The number of halogens is 1. The molecule has 0 saturated heterocycles. The zero-order valence-electron chi connectivity index (χ0n) is 9.00. The van der Waals surface area contributed by atoms with E-state index in [0.29, 0.717) is 0 Å². The molecule has 2 aromatic rings. The number of aromatic nitrogens is 2. The Bertz CT molecular complexity index is 590. The van der Waals surface area contributed by atoms with E-state index in [4.69, 9.17) is 17.3 Å². The molecule has 1 aromatic heterocycles. The normalized spacial score (nSPS) is 10.1. The summed E-state index contributed by atoms with van der Waals surface area (Å²) in [6.07, 6.45) is 0. The molecule has 0 amide bonds. The van der Waals surface area contributed by atoms with Crippen LogP contribution in [0.1, 0.15) is 0 Å². The molecule has 0 bridgehead atoms. The molecule has 1 aromatic carbocycles. The molecule has 0 atom stereocenters. The molecule has 7 nitrogen and oxygen atoms in total. The van der Waals surface area contributed by atoms with Crippen LogP contribution in [0.3, 0.4) is 0 Å². The van der Waals surface area contributed by atoms with Crippen LogP contribution in [0.15, 0.2) is 30.3 Å². The summed E-state index contributed by atoms with van der Waals surface area (Å²) in [5.74, 6) is -0.674. The summed E-state index contributed by atoms with van der Waals surface area (Å²) >= 11 is 5.80. The average Bonchev–Trinajstić information content (AvgIpc) is 2.34. The molecule has 92 valence electrons. The highest BCUT2D eigenvalue weighted by atomic mass is 35.5. The molecule has 18 heavy (non-hydrogen) atoms. The van der Waals surface area contributed by atoms with E-state index in [9.17, 15) is 10.1 Å². The lowest BCUT2D eigenvalue weighted by Crippen LogP contribution is -2.05. The van der Waals surface area contributed by atoms with Crippen molar-refractivity contribution in [1.82, 2.24) is 9.97 Å². The van der Waals surface area contributed by atoms with Gasteiger partial charge in [0.2, 0.25) is 5.82 Å². The summed E-state index contributed by atoms with van der Waals surface area (Å²) < 4.78 is 0. The van der Waals surface area contributed by atoms with Crippen LogP contribution in [0.5, 0.6) is 0 Å². The molecule has 0 fully saturated rings. The van der Waals surface area contributed by atoms with Crippen molar-refractivity contribution in [3.05, 3.63) is 45.6 Å². The predicted octanol–water partition coefficient (Wildman–Crippen LogP) is 2.36. The molecule has 0 saturated carbocycles. The quantitative estimate of drug-likeness (QED) is 0.652. The molecule has 3 N–H and O–H groups in total. The van der Waals surface area contributed by atoms with Crippen LogP contribution in [-0.2, 0) is 0 Å². The van der Waals surface area contributed by atoms with Crippen LogP contribution < -0.4 is 11.1 Å². The van der Waals surface area contributed by atoms with E-state index in [-0.39, 0.29) is 16.8 Å². The molecular weight excluding hydrogens is 258 g/mol. The van der Waals surface area contributed by atoms with Gasteiger partial charge in [-0.15, -0.1) is 0 Å². The number of benzene rings is 1. The van der Waals surface area contributed by atoms with Crippen LogP contribution in [-0.4, -0.2) is 14.9 Å². The second-order valence-corrected chi connectivity index (χ2v) is 3.68. The van der Waals surface area contributed by atoms with Crippen molar-refractivity contribution < 1.29 is 4.92 Å². The summed E-state index contributed by atoms with van der Waals surface area (Å²) in [5, 5.41) is 13.3. The summed E-state index contributed by atoms with van der Waals surface area (Å²) in [4.78, 5) is 17.3. The summed E-state index contributed by atoms with van der Waals surface area (Å²) in [6, 6.07) is 9.06. The zero-order valence-corrected chi connectivity index (χ0v) is 9.76. The topological polar surface area (TPSA) is 107 Å². The van der Waals surface area contributed by atoms with Crippen molar-refractivity contribution in [1.29, 1.82) is 0 Å². The minimum Gasteiger partial charge on any atom is -0.377 e. The fourth-order valence-electron chi connectivity index (χ4n) is 1.29. The minimum atomic E-state index is -0.736. The summed E-state index contributed by atoms with van der Waals surface area (Å²) in [7, 11) is 0. The van der Waals surface area contributed by atoms with E-state index in [1.54, 1.807) is 12.1 Å². The number of nitrogen functional groups attached to an aromatic ring is 1. The first-order chi connectivity index (χ1) is 8.58. The van der Waals surface area contributed by atoms with Crippen LogP contribution in [0.2, 0.25) is 5.15 Å². The third kappa shape index (κ3) is 2.46. The van der Waals surface area contributed by atoms with Crippen LogP contribution >= 0.6 is 11.6 Å². The van der Waals surface area contributed by atoms with Gasteiger partial charge < -0.3 is 21.2 Å². The standard InChI is InChI=1S/C10H8ClN5O2/c11-7-9(13-6-4-2-1-3-5-6)15-8(12)10(14-7)16(17)18/h1-5H,(H3,12,13,15). The van der Waals surface area contributed by atoms with Gasteiger partial charge in [0.25, 0.3) is 5.15 Å². The highest BCUT2D eigenvalue weighted by Gasteiger charge is 2.20. The highest BCUT2D eigenvalue weighted by molar-refractivity contribution is 6.32. The maximum atomic E-state index is 10.6. The van der Waals surface area contributed by atoms with E-state index >= 15 is 0 Å². The Balaban J connectivity index is 2.35. The number of nitrogens with two attached hydrogens (primary N) is 1. The Hall–Kier alpha value is -2.41. The van der Waals surface area contributed by atoms with Crippen molar-refractivity contribution in [2.45, 2.75) is 0 Å². The lowest BCUT2D eigenvalue weighted by Gasteiger charge is -2.05. The van der Waals surface area contributed by atoms with Crippen molar-refractivity contribution in [3.63, 3.8) is 0 Å². The Kier molecular flexibility index (Phi) is 3.24. The maximum absolute atomic E-state index is 10.6. The minimum absolute atomic E-state index is 0.111. The second kappa shape index (κ2) is 4.84. The number of hydrogen-bond acceptors (Lipinski definition) is 6. The number of nitrogens with one attached hydrogen (secondary N) is 1. The molecule has 0 spiro atoms. The van der Waals surface area contributed by atoms with Gasteiger partial charge in [-0.25, -0.2) is 4.98 Å². The third-order valence-electron chi connectivity index (χ3n) is 2.07. The van der Waals surface area contributed by atoms with E-state index in [1.807, 2.05) is 18.2 Å². The van der Waals surface area contributed by atoms with Gasteiger partial charge in [-0.1, -0.05) is 18.2 Å². The number of nitrogens with zero attached hydrogens (tertiary/aromatic N) is 3. The molecule has 0 radical (unpaired) electrons. The molecule has 8 heteroatoms. The van der Waals surface area contributed by atoms with Crippen LogP contribution in [0.25, 0.3) is 0 Å². The van der Waals surface area contributed by atoms with E-state index < -0.39 is 10.7 Å². The molecule has 0 aliphatic heterocycles. The zero-order chi connectivity index (χ0) is 13.1. The first kappa shape index (κ1) is 12.1. The lowest BCUT2D eigenvalue weighted by molar-refractivity contribution is -0.388. The molecule has 1 heterocycles. The lowest BCUT2D eigenvalue weighted by atomic mass is 10.3. The monoisotopic (exact) mass is 265 g/mol. The molecule has 0 unspecified atom stereocenters. The number of anilines is 3. The van der Waals surface area contributed by atoms with Crippen molar-refractivity contribution in [3.8, 4) is 0 Å². The smallest absolute Gasteiger partial charge is 0.377 e. The first-order valence-electron chi connectivity index (χ1n) is 4.87. The predicted molar refractivity (Wildman–Crippen MR) is 67.8 cm³/mol. The van der Waals surface area contributed by atoms with Crippen LogP contribution in [0.4, 0.5) is 23.1 Å². The van der Waals surface area contributed by atoms with E-state index in [2.05, 4.69) is 15.3 Å². The third-order valence-corrected chi connectivity index (χ3v) is 2.33. The van der Waals surface area contributed by atoms with Gasteiger partial charge in [0.05, 0.1) is 0 Å². The SMILES string of the molecule is Nc1nc(Nc2ccccc2)c(Cl)nc1[N+](=O)[O-]. The molecule has 2 rings (SSSR count). The van der Waals surface area contributed by atoms with Crippen molar-refractivity contribution >= 4 is 34.7 Å². The Labute approximate surface area is 107 Å². The average molecular weight is 266 g/mol. The van der Waals surface area contributed by atoms with Gasteiger partial charge in [-0.3, -0.25) is 0 Å². The van der Waals surface area contributed by atoms with Crippen molar-refractivity contribution in [2.24, 2.45) is 0 Å². The Morgan fingerprint density at radius 1 is 1.28 bits per heavy atom. The van der Waals surface area contributed by atoms with Gasteiger partial charge in [-0.05, 0) is 33.6 Å². The highest BCUT2D eigenvalue weighted by Crippen LogP contribution is 2.27. The first-order valence-corrected chi connectivity index (χ1v) is 5.25. The second-order valence-electron chi connectivity index (χ2n) is 3.32. The van der Waals surface area contributed by atoms with Gasteiger partial charge in [0.1, 0.15) is 0 Å². The Morgan fingerprint density at radius 2 is 1.94 bits per heavy atom. The molecule has 0 aliphatic rings. The van der Waals surface area contributed by atoms with E-state index in [1.165, 1.54) is 0 Å². The summed E-state index contributed by atoms with van der Waals surface area (Å²) in [6.45, 7) is 0. The number of para-hydroxylation sites is 1. The van der Waals surface area contributed by atoms with Gasteiger partial charge in [0.15, 0.2) is 5.82 Å².